The molecule has 1 heterocycles. The highest BCUT2D eigenvalue weighted by Gasteiger charge is 2.10. The van der Waals surface area contributed by atoms with Crippen molar-refractivity contribution in [3.05, 3.63) is 53.9 Å². The summed E-state index contributed by atoms with van der Waals surface area (Å²) in [6, 6.07) is 13.0. The molecule has 6 heteroatoms. The molecule has 3 aromatic rings. The van der Waals surface area contributed by atoms with Gasteiger partial charge in [-0.25, -0.2) is 4.98 Å². The summed E-state index contributed by atoms with van der Waals surface area (Å²) in [7, 11) is 3.11. The number of hydrogen-bond donors (Lipinski definition) is 2. The van der Waals surface area contributed by atoms with Crippen LogP contribution in [0.15, 0.2) is 42.5 Å². The Morgan fingerprint density at radius 3 is 2.68 bits per heavy atom. The predicted octanol–water partition coefficient (Wildman–Crippen LogP) is 2.94. The van der Waals surface area contributed by atoms with Crippen LogP contribution in [0.5, 0.6) is 11.5 Å². The van der Waals surface area contributed by atoms with Gasteiger partial charge >= 0.3 is 0 Å². The first-order valence-electron chi connectivity index (χ1n) is 8.15. The van der Waals surface area contributed by atoms with E-state index in [4.69, 9.17) is 9.47 Å². The lowest BCUT2D eigenvalue weighted by atomic mass is 10.2. The van der Waals surface area contributed by atoms with Gasteiger partial charge in [0.05, 0.1) is 25.3 Å². The Hall–Kier alpha value is -3.02. The number of aromatic amines is 1. The van der Waals surface area contributed by atoms with E-state index in [0.717, 1.165) is 29.7 Å². The van der Waals surface area contributed by atoms with Crippen molar-refractivity contribution in [1.29, 1.82) is 0 Å². The van der Waals surface area contributed by atoms with Crippen molar-refractivity contribution in [2.45, 2.75) is 12.8 Å². The van der Waals surface area contributed by atoms with E-state index >= 15 is 0 Å². The van der Waals surface area contributed by atoms with Gasteiger partial charge in [0.1, 0.15) is 5.82 Å². The number of carbonyl (C=O) groups is 1. The lowest BCUT2D eigenvalue weighted by molar-refractivity contribution is 0.0952. The number of fused-ring (bicyclic) bond motifs is 1. The Morgan fingerprint density at radius 2 is 1.92 bits per heavy atom. The number of hydrogen-bond acceptors (Lipinski definition) is 4. The number of H-pyrrole nitrogens is 1. The van der Waals surface area contributed by atoms with Gasteiger partial charge in [0.2, 0.25) is 0 Å². The van der Waals surface area contributed by atoms with Gasteiger partial charge in [-0.05, 0) is 36.8 Å². The van der Waals surface area contributed by atoms with Crippen molar-refractivity contribution < 1.29 is 14.3 Å². The molecule has 0 saturated carbocycles. The number of para-hydroxylation sites is 2. The standard InChI is InChI=1S/C19H21N3O3/c1-24-16-10-9-13(12-17(16)25-2)19(23)20-11-5-8-18-21-14-6-3-4-7-15(14)22-18/h3-4,6-7,9-10,12H,5,8,11H2,1-2H3,(H,20,23)(H,21,22). The maximum Gasteiger partial charge on any atom is 0.251 e. The third-order valence-electron chi connectivity index (χ3n) is 3.96. The summed E-state index contributed by atoms with van der Waals surface area (Å²) < 4.78 is 10.4. The SMILES string of the molecule is COc1ccc(C(=O)NCCCc2nc3ccccc3[nH]2)cc1OC. The van der Waals surface area contributed by atoms with Crippen LogP contribution in [-0.2, 0) is 6.42 Å². The fraction of sp³-hybridized carbons (Fsp3) is 0.263. The highest BCUT2D eigenvalue weighted by atomic mass is 16.5. The molecule has 0 saturated heterocycles. The van der Waals surface area contributed by atoms with E-state index < -0.39 is 0 Å². The van der Waals surface area contributed by atoms with Crippen LogP contribution in [-0.4, -0.2) is 36.6 Å². The third-order valence-corrected chi connectivity index (χ3v) is 3.96. The number of imidazole rings is 1. The number of carbonyl (C=O) groups excluding carboxylic acids is 1. The minimum Gasteiger partial charge on any atom is -0.493 e. The molecule has 0 radical (unpaired) electrons. The van der Waals surface area contributed by atoms with Crippen molar-refractivity contribution in [2.75, 3.05) is 20.8 Å². The molecule has 0 aliphatic carbocycles. The van der Waals surface area contributed by atoms with Gasteiger partial charge in [-0.3, -0.25) is 4.79 Å². The van der Waals surface area contributed by atoms with Crippen LogP contribution in [0, 0.1) is 0 Å². The Balaban J connectivity index is 1.52. The van der Waals surface area contributed by atoms with E-state index in [2.05, 4.69) is 15.3 Å². The summed E-state index contributed by atoms with van der Waals surface area (Å²) in [6.07, 6.45) is 1.58. The van der Waals surface area contributed by atoms with Gasteiger partial charge in [0.25, 0.3) is 5.91 Å². The topological polar surface area (TPSA) is 76.2 Å². The van der Waals surface area contributed by atoms with Crippen molar-refractivity contribution in [2.24, 2.45) is 0 Å². The number of ether oxygens (including phenoxy) is 2. The summed E-state index contributed by atoms with van der Waals surface area (Å²) >= 11 is 0. The molecule has 0 aliphatic rings. The summed E-state index contributed by atoms with van der Waals surface area (Å²) in [4.78, 5) is 20.1. The summed E-state index contributed by atoms with van der Waals surface area (Å²) in [6.45, 7) is 0.574. The molecule has 1 amide bonds. The molecule has 0 atom stereocenters. The number of benzene rings is 2. The quantitative estimate of drug-likeness (QED) is 0.649. The molecule has 6 nitrogen and oxygen atoms in total. The average molecular weight is 339 g/mol. The van der Waals surface area contributed by atoms with Crippen molar-refractivity contribution in [1.82, 2.24) is 15.3 Å². The first kappa shape index (κ1) is 16.8. The predicted molar refractivity (Wildman–Crippen MR) is 96.3 cm³/mol. The Kier molecular flexibility index (Phi) is 5.18. The van der Waals surface area contributed by atoms with Gasteiger partial charge < -0.3 is 19.8 Å². The second kappa shape index (κ2) is 7.70. The molecule has 0 unspecified atom stereocenters. The van der Waals surface area contributed by atoms with Crippen LogP contribution < -0.4 is 14.8 Å². The molecule has 0 bridgehead atoms. The molecule has 25 heavy (non-hydrogen) atoms. The van der Waals surface area contributed by atoms with Crippen LogP contribution in [0.1, 0.15) is 22.6 Å². The van der Waals surface area contributed by atoms with Gasteiger partial charge in [-0.1, -0.05) is 12.1 Å². The zero-order valence-electron chi connectivity index (χ0n) is 14.3. The second-order valence-electron chi connectivity index (χ2n) is 5.63. The first-order valence-corrected chi connectivity index (χ1v) is 8.15. The van der Waals surface area contributed by atoms with E-state index in [0.29, 0.717) is 23.6 Å². The van der Waals surface area contributed by atoms with Crippen LogP contribution in [0.3, 0.4) is 0 Å². The molecule has 3 rings (SSSR count). The smallest absolute Gasteiger partial charge is 0.251 e. The number of methoxy groups -OCH3 is 2. The molecular formula is C19H21N3O3. The summed E-state index contributed by atoms with van der Waals surface area (Å²) in [5.74, 6) is 1.94. The molecule has 0 fully saturated rings. The van der Waals surface area contributed by atoms with E-state index in [-0.39, 0.29) is 5.91 Å². The fourth-order valence-electron chi connectivity index (χ4n) is 2.66. The monoisotopic (exact) mass is 339 g/mol. The fourth-order valence-corrected chi connectivity index (χ4v) is 2.66. The maximum atomic E-state index is 12.2. The number of aromatic nitrogens is 2. The minimum absolute atomic E-state index is 0.134. The van der Waals surface area contributed by atoms with E-state index in [9.17, 15) is 4.79 Å². The van der Waals surface area contributed by atoms with Gasteiger partial charge in [0, 0.05) is 18.5 Å². The zero-order valence-corrected chi connectivity index (χ0v) is 14.3. The Morgan fingerprint density at radius 1 is 1.12 bits per heavy atom. The zero-order chi connectivity index (χ0) is 17.6. The lowest BCUT2D eigenvalue weighted by Crippen LogP contribution is -2.24. The Bertz CT molecular complexity index is 840. The highest BCUT2D eigenvalue weighted by molar-refractivity contribution is 5.94. The van der Waals surface area contributed by atoms with Crippen LogP contribution >= 0.6 is 0 Å². The number of aryl methyl sites for hydroxylation is 1. The largest absolute Gasteiger partial charge is 0.493 e. The van der Waals surface area contributed by atoms with Crippen LogP contribution in [0.4, 0.5) is 0 Å². The van der Waals surface area contributed by atoms with E-state index in [1.54, 1.807) is 32.4 Å². The number of nitrogens with zero attached hydrogens (tertiary/aromatic N) is 1. The minimum atomic E-state index is -0.134. The number of rotatable bonds is 7. The van der Waals surface area contributed by atoms with Gasteiger partial charge in [-0.15, -0.1) is 0 Å². The first-order chi connectivity index (χ1) is 12.2. The molecule has 2 N–H and O–H groups in total. The number of amides is 1. The maximum absolute atomic E-state index is 12.2. The third kappa shape index (κ3) is 3.91. The Labute approximate surface area is 146 Å². The molecule has 1 aromatic heterocycles. The van der Waals surface area contributed by atoms with Crippen LogP contribution in [0.2, 0.25) is 0 Å². The average Bonchev–Trinajstić information content (AvgIpc) is 3.07. The lowest BCUT2D eigenvalue weighted by Gasteiger charge is -2.09. The highest BCUT2D eigenvalue weighted by Crippen LogP contribution is 2.27. The molecule has 2 aromatic carbocycles. The van der Waals surface area contributed by atoms with Crippen molar-refractivity contribution >= 4 is 16.9 Å². The molecular weight excluding hydrogens is 318 g/mol. The normalized spacial score (nSPS) is 10.6. The molecule has 0 spiro atoms. The van der Waals surface area contributed by atoms with Gasteiger partial charge in [0.15, 0.2) is 11.5 Å². The molecule has 0 aliphatic heterocycles. The van der Waals surface area contributed by atoms with Gasteiger partial charge in [-0.2, -0.15) is 0 Å². The van der Waals surface area contributed by atoms with Crippen molar-refractivity contribution in [3.8, 4) is 11.5 Å². The van der Waals surface area contributed by atoms with E-state index in [1.165, 1.54) is 0 Å². The van der Waals surface area contributed by atoms with E-state index in [1.807, 2.05) is 24.3 Å². The van der Waals surface area contributed by atoms with Crippen molar-refractivity contribution in [3.63, 3.8) is 0 Å². The van der Waals surface area contributed by atoms with Crippen LogP contribution in [0.25, 0.3) is 11.0 Å². The number of nitrogens with one attached hydrogen (secondary N) is 2. The molecule has 130 valence electrons. The summed E-state index contributed by atoms with van der Waals surface area (Å²) in [5, 5.41) is 2.91. The summed E-state index contributed by atoms with van der Waals surface area (Å²) in [5.41, 5.74) is 2.54. The second-order valence-corrected chi connectivity index (χ2v) is 5.63.